The normalized spacial score (nSPS) is 17.8. The second-order valence-electron chi connectivity index (χ2n) is 6.66. The zero-order chi connectivity index (χ0) is 17.4. The number of hydrogen-bond acceptors (Lipinski definition) is 6. The highest BCUT2D eigenvalue weighted by Gasteiger charge is 2.44. The molecule has 4 rings (SSSR count). The molecule has 0 amide bonds. The first-order valence-electron chi connectivity index (χ1n) is 8.25. The van der Waals surface area contributed by atoms with Gasteiger partial charge in [-0.05, 0) is 43.0 Å². The summed E-state index contributed by atoms with van der Waals surface area (Å²) in [4.78, 5) is 14.3. The molecule has 1 N–H and O–H groups in total. The van der Waals surface area contributed by atoms with Gasteiger partial charge in [0.2, 0.25) is 0 Å². The lowest BCUT2D eigenvalue weighted by molar-refractivity contribution is -0.151. The summed E-state index contributed by atoms with van der Waals surface area (Å²) in [6.45, 7) is 4.16. The number of fused-ring (bicyclic) bond motifs is 1. The van der Waals surface area contributed by atoms with E-state index in [1.165, 1.54) is 17.3 Å². The van der Waals surface area contributed by atoms with Crippen molar-refractivity contribution in [3.05, 3.63) is 41.7 Å². The van der Waals surface area contributed by atoms with Gasteiger partial charge in [0.25, 0.3) is 0 Å². The lowest BCUT2D eigenvalue weighted by Gasteiger charge is -2.39. The molecule has 3 aromatic rings. The molecule has 1 saturated heterocycles. The minimum atomic E-state index is -0.937. The molecule has 0 bridgehead atoms. The Bertz CT molecular complexity index is 911. The number of hydrogen-bond donors (Lipinski definition) is 1. The summed E-state index contributed by atoms with van der Waals surface area (Å²) in [6, 6.07) is 6.13. The second-order valence-corrected chi connectivity index (χ2v) is 7.19. The molecular formula is C17H19N5O2S. The van der Waals surface area contributed by atoms with Crippen LogP contribution in [-0.4, -0.2) is 47.6 Å². The van der Waals surface area contributed by atoms with Crippen LogP contribution in [0.15, 0.2) is 30.6 Å². The van der Waals surface area contributed by atoms with Crippen LogP contribution in [0.2, 0.25) is 0 Å². The lowest BCUT2D eigenvalue weighted by atomic mass is 9.87. The van der Waals surface area contributed by atoms with Gasteiger partial charge in [0.1, 0.15) is 11.0 Å². The van der Waals surface area contributed by atoms with Crippen molar-refractivity contribution in [2.24, 2.45) is 0 Å². The van der Waals surface area contributed by atoms with Crippen molar-refractivity contribution >= 4 is 28.7 Å². The van der Waals surface area contributed by atoms with Gasteiger partial charge in [0, 0.05) is 25.8 Å². The Hall–Kier alpha value is -2.32. The molecule has 7 nitrogen and oxygen atoms in total. The van der Waals surface area contributed by atoms with E-state index in [1.807, 2.05) is 19.2 Å². The topological polar surface area (TPSA) is 84.1 Å². The fourth-order valence-electron chi connectivity index (χ4n) is 3.45. The largest absolute Gasteiger partial charge is 0.479 e. The van der Waals surface area contributed by atoms with E-state index in [9.17, 15) is 9.90 Å². The first-order chi connectivity index (χ1) is 12.1. The summed E-state index contributed by atoms with van der Waals surface area (Å²) in [5, 5.41) is 14.1. The van der Waals surface area contributed by atoms with E-state index in [-0.39, 0.29) is 0 Å². The monoisotopic (exact) mass is 357 g/mol. The first-order valence-corrected chi connectivity index (χ1v) is 8.99. The lowest BCUT2D eigenvalue weighted by Crippen LogP contribution is -2.51. The minimum absolute atomic E-state index is 0.546. The molecule has 0 radical (unpaired) electrons. The molecule has 25 heavy (non-hydrogen) atoms. The van der Waals surface area contributed by atoms with Crippen LogP contribution in [0.25, 0.3) is 11.0 Å². The van der Waals surface area contributed by atoms with E-state index in [2.05, 4.69) is 30.9 Å². The van der Waals surface area contributed by atoms with E-state index in [0.29, 0.717) is 12.8 Å². The SMILES string of the molecule is Cc1cnn(C2(C(=O)O)CCN(Cc3ccc4nsnc4c3)CC2)c1. The van der Waals surface area contributed by atoms with Crippen molar-refractivity contribution in [3.63, 3.8) is 0 Å². The number of aryl methyl sites for hydroxylation is 1. The highest BCUT2D eigenvalue weighted by atomic mass is 32.1. The van der Waals surface area contributed by atoms with Crippen molar-refractivity contribution in [1.82, 2.24) is 23.4 Å². The molecule has 1 aromatic carbocycles. The second kappa shape index (κ2) is 6.20. The number of likely N-dealkylation sites (tertiary alicyclic amines) is 1. The zero-order valence-electron chi connectivity index (χ0n) is 13.9. The summed E-state index contributed by atoms with van der Waals surface area (Å²) >= 11 is 1.22. The average molecular weight is 357 g/mol. The smallest absolute Gasteiger partial charge is 0.331 e. The quantitative estimate of drug-likeness (QED) is 0.771. The van der Waals surface area contributed by atoms with Crippen molar-refractivity contribution < 1.29 is 9.90 Å². The predicted molar refractivity (Wildman–Crippen MR) is 94.5 cm³/mol. The number of carboxylic acid groups (broad SMARTS) is 1. The van der Waals surface area contributed by atoms with Crippen LogP contribution in [0, 0.1) is 6.92 Å². The van der Waals surface area contributed by atoms with Crippen molar-refractivity contribution in [2.75, 3.05) is 13.1 Å². The summed E-state index contributed by atoms with van der Waals surface area (Å²) in [7, 11) is 0. The highest BCUT2D eigenvalue weighted by Crippen LogP contribution is 2.31. The molecular weight excluding hydrogens is 338 g/mol. The fourth-order valence-corrected chi connectivity index (χ4v) is 3.97. The summed E-state index contributed by atoms with van der Waals surface area (Å²) in [6.07, 6.45) is 4.63. The molecule has 1 aliphatic rings. The Morgan fingerprint density at radius 1 is 1.28 bits per heavy atom. The van der Waals surface area contributed by atoms with Gasteiger partial charge in [0.15, 0.2) is 5.54 Å². The molecule has 130 valence electrons. The van der Waals surface area contributed by atoms with Crippen LogP contribution in [-0.2, 0) is 16.9 Å². The van der Waals surface area contributed by atoms with Crippen molar-refractivity contribution in [3.8, 4) is 0 Å². The predicted octanol–water partition coefficient (Wildman–Crippen LogP) is 2.27. The van der Waals surface area contributed by atoms with Gasteiger partial charge >= 0.3 is 5.97 Å². The number of piperidine rings is 1. The van der Waals surface area contributed by atoms with Gasteiger partial charge in [-0.15, -0.1) is 0 Å². The maximum Gasteiger partial charge on any atom is 0.331 e. The van der Waals surface area contributed by atoms with Gasteiger partial charge in [-0.2, -0.15) is 13.8 Å². The Morgan fingerprint density at radius 3 is 2.72 bits per heavy atom. The number of rotatable bonds is 4. The third-order valence-corrected chi connectivity index (χ3v) is 5.51. The highest BCUT2D eigenvalue weighted by molar-refractivity contribution is 7.00. The Balaban J connectivity index is 1.48. The maximum atomic E-state index is 12.0. The molecule has 0 spiro atoms. The number of aliphatic carboxylic acids is 1. The Labute approximate surface area is 149 Å². The van der Waals surface area contributed by atoms with Crippen LogP contribution in [0.5, 0.6) is 0 Å². The molecule has 3 heterocycles. The van der Waals surface area contributed by atoms with Crippen LogP contribution >= 0.6 is 11.7 Å². The summed E-state index contributed by atoms with van der Waals surface area (Å²) < 4.78 is 10.1. The number of carboxylic acids is 1. The molecule has 1 aliphatic heterocycles. The van der Waals surface area contributed by atoms with E-state index >= 15 is 0 Å². The van der Waals surface area contributed by atoms with Gasteiger partial charge in [-0.1, -0.05) is 6.07 Å². The van der Waals surface area contributed by atoms with E-state index in [0.717, 1.165) is 36.2 Å². The first kappa shape index (κ1) is 16.2. The van der Waals surface area contributed by atoms with Gasteiger partial charge in [0.05, 0.1) is 17.9 Å². The standard InChI is InChI=1S/C17H19N5O2S/c1-12-9-18-22(10-12)17(16(23)24)4-6-21(7-5-17)11-13-2-3-14-15(8-13)20-25-19-14/h2-3,8-10H,4-7,11H2,1H3,(H,23,24). The molecule has 1 fully saturated rings. The zero-order valence-corrected chi connectivity index (χ0v) is 14.7. The molecule has 0 unspecified atom stereocenters. The van der Waals surface area contributed by atoms with Gasteiger partial charge in [-0.25, -0.2) is 4.79 Å². The van der Waals surface area contributed by atoms with E-state index < -0.39 is 11.5 Å². The van der Waals surface area contributed by atoms with Gasteiger partial charge in [-0.3, -0.25) is 9.58 Å². The van der Waals surface area contributed by atoms with E-state index in [4.69, 9.17) is 0 Å². The van der Waals surface area contributed by atoms with E-state index in [1.54, 1.807) is 10.9 Å². The molecule has 2 aromatic heterocycles. The Morgan fingerprint density at radius 2 is 2.04 bits per heavy atom. The summed E-state index contributed by atoms with van der Waals surface area (Å²) in [5.41, 5.74) is 3.07. The summed E-state index contributed by atoms with van der Waals surface area (Å²) in [5.74, 6) is -0.801. The molecule has 8 heteroatoms. The molecule has 0 atom stereocenters. The number of carbonyl (C=O) groups is 1. The fraction of sp³-hybridized carbons (Fsp3) is 0.412. The minimum Gasteiger partial charge on any atom is -0.479 e. The third-order valence-electron chi connectivity index (χ3n) is 4.96. The maximum absolute atomic E-state index is 12.0. The van der Waals surface area contributed by atoms with Crippen LogP contribution < -0.4 is 0 Å². The van der Waals surface area contributed by atoms with Gasteiger partial charge < -0.3 is 5.11 Å². The molecule has 0 saturated carbocycles. The van der Waals surface area contributed by atoms with Crippen LogP contribution in [0.3, 0.4) is 0 Å². The molecule has 0 aliphatic carbocycles. The average Bonchev–Trinajstić information content (AvgIpc) is 3.24. The number of nitrogens with zero attached hydrogens (tertiary/aromatic N) is 5. The number of aromatic nitrogens is 4. The van der Waals surface area contributed by atoms with Crippen LogP contribution in [0.1, 0.15) is 24.0 Å². The Kier molecular flexibility index (Phi) is 4.01. The number of benzene rings is 1. The van der Waals surface area contributed by atoms with Crippen molar-refractivity contribution in [1.29, 1.82) is 0 Å². The van der Waals surface area contributed by atoms with Crippen LogP contribution in [0.4, 0.5) is 0 Å². The van der Waals surface area contributed by atoms with Crippen molar-refractivity contribution in [2.45, 2.75) is 31.8 Å². The third kappa shape index (κ3) is 2.91.